The lowest BCUT2D eigenvalue weighted by Gasteiger charge is -2.07. The predicted octanol–water partition coefficient (Wildman–Crippen LogP) is 2.95. The van der Waals surface area contributed by atoms with Gasteiger partial charge in [0.2, 0.25) is 11.8 Å². The van der Waals surface area contributed by atoms with E-state index in [1.807, 2.05) is 30.3 Å². The van der Waals surface area contributed by atoms with Gasteiger partial charge in [-0.15, -0.1) is 0 Å². The second-order valence-electron chi connectivity index (χ2n) is 5.29. The van der Waals surface area contributed by atoms with E-state index in [0.717, 1.165) is 5.56 Å². The first kappa shape index (κ1) is 18.1. The number of carbonyl (C=O) groups excluding carboxylic acids is 2. The zero-order valence-electron chi connectivity index (χ0n) is 13.0. The van der Waals surface area contributed by atoms with Crippen LogP contribution in [0.1, 0.15) is 17.5 Å². The third-order valence-corrected chi connectivity index (χ3v) is 3.96. The van der Waals surface area contributed by atoms with Crippen molar-refractivity contribution in [1.82, 2.24) is 10.6 Å². The largest absolute Gasteiger partial charge is 0.355 e. The van der Waals surface area contributed by atoms with Crippen LogP contribution in [0.5, 0.6) is 0 Å². The van der Waals surface area contributed by atoms with E-state index < -0.39 is 0 Å². The van der Waals surface area contributed by atoms with Crippen molar-refractivity contribution in [1.29, 1.82) is 0 Å². The van der Waals surface area contributed by atoms with E-state index in [1.165, 1.54) is 6.07 Å². The molecule has 24 heavy (non-hydrogen) atoms. The van der Waals surface area contributed by atoms with Crippen LogP contribution in [-0.4, -0.2) is 18.4 Å². The van der Waals surface area contributed by atoms with Gasteiger partial charge in [-0.05, 0) is 39.2 Å². The van der Waals surface area contributed by atoms with E-state index in [4.69, 9.17) is 0 Å². The van der Waals surface area contributed by atoms with Crippen LogP contribution in [0.4, 0.5) is 4.39 Å². The molecule has 2 N–H and O–H groups in total. The monoisotopic (exact) mass is 392 g/mol. The number of rotatable bonds is 7. The Kier molecular flexibility index (Phi) is 6.93. The van der Waals surface area contributed by atoms with Crippen LogP contribution < -0.4 is 10.6 Å². The van der Waals surface area contributed by atoms with Crippen LogP contribution in [0.15, 0.2) is 53.0 Å². The van der Waals surface area contributed by atoms with E-state index in [0.29, 0.717) is 16.6 Å². The molecular weight excluding hydrogens is 375 g/mol. The van der Waals surface area contributed by atoms with Gasteiger partial charge >= 0.3 is 0 Å². The summed E-state index contributed by atoms with van der Waals surface area (Å²) < 4.78 is 13.5. The Morgan fingerprint density at radius 2 is 1.71 bits per heavy atom. The van der Waals surface area contributed by atoms with Crippen molar-refractivity contribution < 1.29 is 14.0 Å². The van der Waals surface area contributed by atoms with Crippen molar-refractivity contribution in [3.63, 3.8) is 0 Å². The maximum Gasteiger partial charge on any atom is 0.224 e. The summed E-state index contributed by atoms with van der Waals surface area (Å²) in [6.07, 6.45) is 0.357. The minimum Gasteiger partial charge on any atom is -0.355 e. The summed E-state index contributed by atoms with van der Waals surface area (Å²) in [5.74, 6) is -0.692. The van der Waals surface area contributed by atoms with Crippen LogP contribution >= 0.6 is 15.9 Å². The summed E-state index contributed by atoms with van der Waals surface area (Å²) in [5, 5.41) is 5.48. The van der Waals surface area contributed by atoms with Crippen LogP contribution in [-0.2, 0) is 22.6 Å². The molecule has 0 aliphatic rings. The van der Waals surface area contributed by atoms with Gasteiger partial charge in [0.25, 0.3) is 0 Å². The Morgan fingerprint density at radius 3 is 2.42 bits per heavy atom. The summed E-state index contributed by atoms with van der Waals surface area (Å²) in [6, 6.07) is 14.1. The van der Waals surface area contributed by atoms with Crippen molar-refractivity contribution in [3.8, 4) is 0 Å². The van der Waals surface area contributed by atoms with Gasteiger partial charge in [-0.1, -0.05) is 36.4 Å². The Morgan fingerprint density at radius 1 is 0.958 bits per heavy atom. The topological polar surface area (TPSA) is 58.2 Å². The van der Waals surface area contributed by atoms with Crippen molar-refractivity contribution in [2.75, 3.05) is 6.54 Å². The van der Waals surface area contributed by atoms with Crippen LogP contribution in [0, 0.1) is 5.82 Å². The first-order valence-electron chi connectivity index (χ1n) is 7.56. The summed E-state index contributed by atoms with van der Waals surface area (Å²) in [5.41, 5.74) is 1.73. The molecular formula is C18H18BrFN2O2. The molecule has 0 fully saturated rings. The van der Waals surface area contributed by atoms with E-state index in [9.17, 15) is 14.0 Å². The van der Waals surface area contributed by atoms with E-state index >= 15 is 0 Å². The fourth-order valence-corrected chi connectivity index (χ4v) is 2.52. The Labute approximate surface area is 148 Å². The molecule has 2 amide bonds. The average molecular weight is 393 g/mol. The molecule has 0 aliphatic heterocycles. The zero-order valence-corrected chi connectivity index (χ0v) is 14.6. The highest BCUT2D eigenvalue weighted by atomic mass is 79.9. The second kappa shape index (κ2) is 9.17. The van der Waals surface area contributed by atoms with E-state index in [1.54, 1.807) is 12.1 Å². The van der Waals surface area contributed by atoms with Gasteiger partial charge in [0.05, 0.1) is 10.9 Å². The Balaban J connectivity index is 1.66. The lowest BCUT2D eigenvalue weighted by Crippen LogP contribution is -2.31. The number of hydrogen-bond acceptors (Lipinski definition) is 2. The third-order valence-electron chi connectivity index (χ3n) is 3.36. The van der Waals surface area contributed by atoms with Crippen LogP contribution in [0.3, 0.4) is 0 Å². The van der Waals surface area contributed by atoms with E-state index in [2.05, 4.69) is 26.6 Å². The van der Waals surface area contributed by atoms with Gasteiger partial charge in [0, 0.05) is 19.5 Å². The van der Waals surface area contributed by atoms with E-state index in [-0.39, 0.29) is 37.0 Å². The highest BCUT2D eigenvalue weighted by molar-refractivity contribution is 9.10. The summed E-state index contributed by atoms with van der Waals surface area (Å²) in [4.78, 5) is 23.5. The molecule has 0 radical (unpaired) electrons. The lowest BCUT2D eigenvalue weighted by atomic mass is 10.1. The standard InChI is InChI=1S/C18H18BrFN2O2/c19-15-10-14(6-7-16(15)20)11-18(24)21-9-8-17(23)22-12-13-4-2-1-3-5-13/h1-7,10H,8-9,11-12H2,(H,21,24)(H,22,23). The first-order chi connectivity index (χ1) is 11.5. The molecule has 0 bridgehead atoms. The molecule has 0 aromatic heterocycles. The number of nitrogens with one attached hydrogen (secondary N) is 2. The molecule has 0 unspecified atom stereocenters. The number of halogens is 2. The Hall–Kier alpha value is -2.21. The molecule has 2 aromatic carbocycles. The van der Waals surface area contributed by atoms with Crippen molar-refractivity contribution in [2.45, 2.75) is 19.4 Å². The van der Waals surface area contributed by atoms with Crippen molar-refractivity contribution in [3.05, 3.63) is 69.9 Å². The number of benzene rings is 2. The maximum absolute atomic E-state index is 13.1. The maximum atomic E-state index is 13.1. The fraction of sp³-hybridized carbons (Fsp3) is 0.222. The molecule has 6 heteroatoms. The summed E-state index contributed by atoms with van der Waals surface area (Å²) >= 11 is 3.08. The number of amides is 2. The van der Waals surface area contributed by atoms with Crippen LogP contribution in [0.25, 0.3) is 0 Å². The SMILES string of the molecule is O=C(CCNC(=O)Cc1ccc(F)c(Br)c1)NCc1ccccc1. The average Bonchev–Trinajstić information content (AvgIpc) is 2.57. The van der Waals surface area contributed by atoms with Gasteiger partial charge in [-0.2, -0.15) is 0 Å². The molecule has 2 aromatic rings. The van der Waals surface area contributed by atoms with Gasteiger partial charge in [0.1, 0.15) is 5.82 Å². The highest BCUT2D eigenvalue weighted by Gasteiger charge is 2.07. The molecule has 126 valence electrons. The molecule has 0 spiro atoms. The quantitative estimate of drug-likeness (QED) is 0.760. The van der Waals surface area contributed by atoms with Gasteiger partial charge in [0.15, 0.2) is 0 Å². The number of carbonyl (C=O) groups is 2. The molecule has 0 saturated heterocycles. The first-order valence-corrected chi connectivity index (χ1v) is 8.35. The molecule has 2 rings (SSSR count). The normalized spacial score (nSPS) is 10.2. The van der Waals surface area contributed by atoms with Crippen molar-refractivity contribution >= 4 is 27.7 Å². The molecule has 0 atom stereocenters. The minimum absolute atomic E-state index is 0.122. The second-order valence-corrected chi connectivity index (χ2v) is 6.14. The third kappa shape index (κ3) is 6.12. The van der Waals surface area contributed by atoms with Gasteiger partial charge in [-0.25, -0.2) is 4.39 Å². The predicted molar refractivity (Wildman–Crippen MR) is 93.7 cm³/mol. The van der Waals surface area contributed by atoms with Crippen molar-refractivity contribution in [2.24, 2.45) is 0 Å². The fourth-order valence-electron chi connectivity index (χ4n) is 2.10. The molecule has 0 aliphatic carbocycles. The lowest BCUT2D eigenvalue weighted by molar-refractivity contribution is -0.122. The molecule has 0 saturated carbocycles. The number of hydrogen-bond donors (Lipinski definition) is 2. The van der Waals surface area contributed by atoms with Gasteiger partial charge < -0.3 is 10.6 Å². The molecule has 0 heterocycles. The smallest absolute Gasteiger partial charge is 0.224 e. The minimum atomic E-state index is -0.366. The zero-order chi connectivity index (χ0) is 17.4. The highest BCUT2D eigenvalue weighted by Crippen LogP contribution is 2.17. The Bertz CT molecular complexity index is 707. The van der Waals surface area contributed by atoms with Gasteiger partial charge in [-0.3, -0.25) is 9.59 Å². The molecule has 4 nitrogen and oxygen atoms in total. The summed E-state index contributed by atoms with van der Waals surface area (Å²) in [6.45, 7) is 0.735. The van der Waals surface area contributed by atoms with Crippen LogP contribution in [0.2, 0.25) is 0 Å². The summed E-state index contributed by atoms with van der Waals surface area (Å²) in [7, 11) is 0.